The van der Waals surface area contributed by atoms with Gasteiger partial charge >= 0.3 is 5.97 Å². The largest absolute Gasteiger partial charge is 0.496 e. The lowest BCUT2D eigenvalue weighted by Crippen LogP contribution is -2.41. The molecule has 0 saturated carbocycles. The van der Waals surface area contributed by atoms with Crippen molar-refractivity contribution < 1.29 is 29.0 Å². The lowest BCUT2D eigenvalue weighted by molar-refractivity contribution is -0.149. The van der Waals surface area contributed by atoms with Crippen molar-refractivity contribution in [2.24, 2.45) is 5.92 Å². The van der Waals surface area contributed by atoms with Gasteiger partial charge in [-0.1, -0.05) is 6.07 Å². The van der Waals surface area contributed by atoms with Gasteiger partial charge in [-0.05, 0) is 19.1 Å². The van der Waals surface area contributed by atoms with Crippen LogP contribution in [0.5, 0.6) is 5.75 Å². The Kier molecular flexibility index (Phi) is 4.46. The molecule has 2 rings (SSSR count). The highest BCUT2D eigenvalue weighted by Gasteiger charge is 2.41. The molecule has 1 N–H and O–H groups in total. The molecule has 7 heteroatoms. The molecular weight excluding hydrogens is 290 g/mol. The first-order chi connectivity index (χ1) is 10.4. The van der Waals surface area contributed by atoms with Gasteiger partial charge in [0.25, 0.3) is 11.8 Å². The van der Waals surface area contributed by atoms with Crippen molar-refractivity contribution in [3.8, 4) is 5.75 Å². The summed E-state index contributed by atoms with van der Waals surface area (Å²) in [6.45, 7) is 1.15. The summed E-state index contributed by atoms with van der Waals surface area (Å²) in [5, 5.41) is 9.69. The topological polar surface area (TPSA) is 93.1 Å². The van der Waals surface area contributed by atoms with Crippen LogP contribution in [0.3, 0.4) is 0 Å². The second kappa shape index (κ2) is 6.15. The summed E-state index contributed by atoms with van der Waals surface area (Å²) in [5.41, 5.74) is 0.391. The van der Waals surface area contributed by atoms with Crippen molar-refractivity contribution in [3.05, 3.63) is 29.3 Å². The molecule has 2 unspecified atom stereocenters. The SMILES string of the molecule is COC(=O)C(CN1C(=O)c2cccc(OC)c2C1=O)C(C)O. The molecule has 22 heavy (non-hydrogen) atoms. The van der Waals surface area contributed by atoms with Crippen molar-refractivity contribution in [3.63, 3.8) is 0 Å². The number of hydrogen-bond donors (Lipinski definition) is 1. The van der Waals surface area contributed by atoms with Gasteiger partial charge in [0.2, 0.25) is 0 Å². The van der Waals surface area contributed by atoms with E-state index >= 15 is 0 Å². The highest BCUT2D eigenvalue weighted by Crippen LogP contribution is 2.31. The van der Waals surface area contributed by atoms with E-state index in [1.165, 1.54) is 27.2 Å². The molecule has 2 atom stereocenters. The van der Waals surface area contributed by atoms with E-state index in [-0.39, 0.29) is 17.7 Å². The maximum absolute atomic E-state index is 12.4. The summed E-state index contributed by atoms with van der Waals surface area (Å²) in [6, 6.07) is 4.71. The van der Waals surface area contributed by atoms with E-state index in [4.69, 9.17) is 4.74 Å². The second-order valence-electron chi connectivity index (χ2n) is 4.97. The molecule has 0 saturated heterocycles. The summed E-state index contributed by atoms with van der Waals surface area (Å²) in [6.07, 6.45) is -1.06. The standard InChI is InChI=1S/C15H17NO6/c1-8(17)10(15(20)22-3)7-16-13(18)9-5-4-6-11(21-2)12(9)14(16)19/h4-6,8,10,17H,7H2,1-3H3. The van der Waals surface area contributed by atoms with Crippen molar-refractivity contribution >= 4 is 17.8 Å². The summed E-state index contributed by atoms with van der Waals surface area (Å²) in [5.74, 6) is -2.46. The van der Waals surface area contributed by atoms with Crippen molar-refractivity contribution in [2.75, 3.05) is 20.8 Å². The Morgan fingerprint density at radius 3 is 2.50 bits per heavy atom. The number of rotatable bonds is 5. The average molecular weight is 307 g/mol. The number of nitrogens with zero attached hydrogens (tertiary/aromatic N) is 1. The Balaban J connectivity index is 2.34. The highest BCUT2D eigenvalue weighted by atomic mass is 16.5. The maximum Gasteiger partial charge on any atom is 0.313 e. The highest BCUT2D eigenvalue weighted by molar-refractivity contribution is 6.22. The number of aliphatic hydroxyl groups is 1. The van der Waals surface area contributed by atoms with Crippen LogP contribution in [0.1, 0.15) is 27.6 Å². The van der Waals surface area contributed by atoms with Gasteiger partial charge in [0, 0.05) is 6.54 Å². The van der Waals surface area contributed by atoms with Gasteiger partial charge in [-0.3, -0.25) is 19.3 Å². The third kappa shape index (κ3) is 2.55. The smallest absolute Gasteiger partial charge is 0.313 e. The summed E-state index contributed by atoms with van der Waals surface area (Å²) < 4.78 is 9.71. The molecule has 0 aliphatic carbocycles. The van der Waals surface area contributed by atoms with Gasteiger partial charge in [0.15, 0.2) is 0 Å². The molecule has 1 aromatic carbocycles. The van der Waals surface area contributed by atoms with Gasteiger partial charge in [-0.25, -0.2) is 0 Å². The number of imide groups is 1. The van der Waals surface area contributed by atoms with Crippen LogP contribution < -0.4 is 4.74 Å². The number of methoxy groups -OCH3 is 2. The minimum Gasteiger partial charge on any atom is -0.496 e. The van der Waals surface area contributed by atoms with Crippen LogP contribution in [-0.4, -0.2) is 54.7 Å². The van der Waals surface area contributed by atoms with Crippen molar-refractivity contribution in [1.82, 2.24) is 4.90 Å². The molecule has 0 aromatic heterocycles. The molecule has 0 spiro atoms. The van der Waals surface area contributed by atoms with Gasteiger partial charge in [0.05, 0.1) is 31.5 Å². The van der Waals surface area contributed by atoms with Crippen molar-refractivity contribution in [1.29, 1.82) is 0 Å². The lowest BCUT2D eigenvalue weighted by Gasteiger charge is -2.22. The van der Waals surface area contributed by atoms with Crippen LogP contribution in [0.4, 0.5) is 0 Å². The van der Waals surface area contributed by atoms with E-state index < -0.39 is 29.8 Å². The zero-order chi connectivity index (χ0) is 16.4. The molecule has 1 aliphatic rings. The first kappa shape index (κ1) is 16.0. The van der Waals surface area contributed by atoms with E-state index in [0.29, 0.717) is 5.75 Å². The molecule has 0 radical (unpaired) electrons. The number of amides is 2. The molecule has 2 amide bonds. The Bertz CT molecular complexity index is 624. The van der Waals surface area contributed by atoms with E-state index in [1.54, 1.807) is 12.1 Å². The van der Waals surface area contributed by atoms with Gasteiger partial charge in [-0.15, -0.1) is 0 Å². The summed E-state index contributed by atoms with van der Waals surface area (Å²) in [4.78, 5) is 37.4. The van der Waals surface area contributed by atoms with Crippen LogP contribution in [0.25, 0.3) is 0 Å². The number of aliphatic hydroxyl groups excluding tert-OH is 1. The average Bonchev–Trinajstić information content (AvgIpc) is 2.75. The van der Waals surface area contributed by atoms with E-state index in [9.17, 15) is 19.5 Å². The van der Waals surface area contributed by atoms with Gasteiger partial charge < -0.3 is 14.6 Å². The molecule has 1 heterocycles. The van der Waals surface area contributed by atoms with Crippen LogP contribution in [0.2, 0.25) is 0 Å². The summed E-state index contributed by atoms with van der Waals surface area (Å²) in [7, 11) is 2.59. The number of esters is 1. The van der Waals surface area contributed by atoms with Crippen LogP contribution >= 0.6 is 0 Å². The molecule has 1 aliphatic heterocycles. The van der Waals surface area contributed by atoms with E-state index in [0.717, 1.165) is 4.90 Å². The number of hydrogen-bond acceptors (Lipinski definition) is 6. The first-order valence-corrected chi connectivity index (χ1v) is 6.71. The predicted molar refractivity (Wildman–Crippen MR) is 75.5 cm³/mol. The molecule has 118 valence electrons. The predicted octanol–water partition coefficient (Wildman–Crippen LogP) is 0.461. The lowest BCUT2D eigenvalue weighted by atomic mass is 10.0. The number of carbonyl (C=O) groups excluding carboxylic acids is 3. The minimum atomic E-state index is -1.06. The van der Waals surface area contributed by atoms with Gasteiger partial charge in [0.1, 0.15) is 11.7 Å². The van der Waals surface area contributed by atoms with E-state index in [2.05, 4.69) is 4.74 Å². The van der Waals surface area contributed by atoms with E-state index in [1.807, 2.05) is 0 Å². The number of ether oxygens (including phenoxy) is 2. The Morgan fingerprint density at radius 2 is 1.95 bits per heavy atom. The second-order valence-corrected chi connectivity index (χ2v) is 4.97. The Morgan fingerprint density at radius 1 is 1.27 bits per heavy atom. The molecule has 0 bridgehead atoms. The molecule has 0 fully saturated rings. The quantitative estimate of drug-likeness (QED) is 0.627. The minimum absolute atomic E-state index is 0.171. The zero-order valence-electron chi connectivity index (χ0n) is 12.5. The third-order valence-electron chi connectivity index (χ3n) is 3.65. The first-order valence-electron chi connectivity index (χ1n) is 6.71. The molecule has 7 nitrogen and oxygen atoms in total. The number of carbonyl (C=O) groups is 3. The monoisotopic (exact) mass is 307 g/mol. The fourth-order valence-electron chi connectivity index (χ4n) is 2.41. The fraction of sp³-hybridized carbons (Fsp3) is 0.400. The Labute approximate surface area is 127 Å². The molecular formula is C15H17NO6. The molecule has 1 aromatic rings. The normalized spacial score (nSPS) is 16.3. The number of benzene rings is 1. The zero-order valence-corrected chi connectivity index (χ0v) is 12.5. The third-order valence-corrected chi connectivity index (χ3v) is 3.65. The van der Waals surface area contributed by atoms with Crippen molar-refractivity contribution in [2.45, 2.75) is 13.0 Å². The number of fused-ring (bicyclic) bond motifs is 1. The summed E-state index contributed by atoms with van der Waals surface area (Å²) >= 11 is 0. The fourth-order valence-corrected chi connectivity index (χ4v) is 2.41. The maximum atomic E-state index is 12.4. The van der Waals surface area contributed by atoms with Crippen LogP contribution in [0, 0.1) is 5.92 Å². The Hall–Kier alpha value is -2.41. The van der Waals surface area contributed by atoms with Gasteiger partial charge in [-0.2, -0.15) is 0 Å². The van der Waals surface area contributed by atoms with Crippen LogP contribution in [0.15, 0.2) is 18.2 Å². The van der Waals surface area contributed by atoms with Crippen LogP contribution in [-0.2, 0) is 9.53 Å².